The third kappa shape index (κ3) is 32.8. The van der Waals surface area contributed by atoms with Gasteiger partial charge in [-0.3, -0.25) is 9.59 Å². The van der Waals surface area contributed by atoms with E-state index < -0.39 is 12.2 Å². The molecule has 2 N–H and O–H groups in total. The molecule has 0 radical (unpaired) electrons. The lowest BCUT2D eigenvalue weighted by molar-refractivity contribution is -0.161. The van der Waals surface area contributed by atoms with Crippen LogP contribution in [0.2, 0.25) is 0 Å². The van der Waals surface area contributed by atoms with Crippen molar-refractivity contribution in [1.82, 2.24) is 0 Å². The lowest BCUT2D eigenvalue weighted by Gasteiger charge is -2.15. The molecule has 0 amide bonds. The molecule has 45 heavy (non-hydrogen) atoms. The summed E-state index contributed by atoms with van der Waals surface area (Å²) < 4.78 is 10.5. The van der Waals surface area contributed by atoms with E-state index >= 15 is 0 Å². The highest BCUT2D eigenvalue weighted by molar-refractivity contribution is 5.70. The Morgan fingerprint density at radius 3 is 1.82 bits per heavy atom. The van der Waals surface area contributed by atoms with Gasteiger partial charge >= 0.3 is 11.9 Å². The molecule has 0 aliphatic heterocycles. The van der Waals surface area contributed by atoms with Gasteiger partial charge in [-0.25, -0.2) is 0 Å². The van der Waals surface area contributed by atoms with Crippen molar-refractivity contribution in [1.29, 1.82) is 0 Å². The molecule has 0 aliphatic rings. The summed E-state index contributed by atoms with van der Waals surface area (Å²) in [6.07, 6.45) is 40.5. The number of aliphatic hydroxyl groups excluding tert-OH is 2. The summed E-state index contributed by atoms with van der Waals surface area (Å²) in [7, 11) is 0. The number of carbonyl (C=O) groups excluding carboxylic acids is 2. The number of aliphatic hydroxyl groups is 2. The van der Waals surface area contributed by atoms with Crippen molar-refractivity contribution in [3.05, 3.63) is 60.8 Å². The maximum Gasteiger partial charge on any atom is 0.306 e. The van der Waals surface area contributed by atoms with Crippen molar-refractivity contribution >= 4 is 11.9 Å². The summed E-state index contributed by atoms with van der Waals surface area (Å²) in [5.41, 5.74) is 0. The molecule has 0 saturated heterocycles. The van der Waals surface area contributed by atoms with Crippen LogP contribution in [0.5, 0.6) is 0 Å². The quantitative estimate of drug-likeness (QED) is 0.0343. The van der Waals surface area contributed by atoms with Crippen LogP contribution < -0.4 is 0 Å². The summed E-state index contributed by atoms with van der Waals surface area (Å²) in [6, 6.07) is 0. The van der Waals surface area contributed by atoms with E-state index in [9.17, 15) is 19.8 Å². The smallest absolute Gasteiger partial charge is 0.306 e. The number of unbranched alkanes of at least 4 members (excludes halogenated alkanes) is 13. The number of hydrogen-bond donors (Lipinski definition) is 2. The monoisotopic (exact) mass is 630 g/mol. The van der Waals surface area contributed by atoms with E-state index in [-0.39, 0.29) is 31.6 Å². The Bertz CT molecular complexity index is 825. The minimum atomic E-state index is -0.812. The van der Waals surface area contributed by atoms with Crippen molar-refractivity contribution in [3.8, 4) is 0 Å². The maximum absolute atomic E-state index is 12.1. The molecule has 0 aliphatic carbocycles. The number of carbonyl (C=O) groups is 2. The fourth-order valence-electron chi connectivity index (χ4n) is 4.67. The highest BCUT2D eigenvalue weighted by atomic mass is 16.6. The van der Waals surface area contributed by atoms with Gasteiger partial charge < -0.3 is 19.7 Å². The third-order valence-corrected chi connectivity index (χ3v) is 7.40. The van der Waals surface area contributed by atoms with Gasteiger partial charge in [0.25, 0.3) is 0 Å². The molecule has 0 heterocycles. The average Bonchev–Trinajstić information content (AvgIpc) is 3.04. The van der Waals surface area contributed by atoms with E-state index in [2.05, 4.69) is 37.3 Å². The van der Waals surface area contributed by atoms with E-state index in [0.29, 0.717) is 19.3 Å². The molecule has 0 aromatic heterocycles. The zero-order valence-corrected chi connectivity index (χ0v) is 28.7. The molecule has 258 valence electrons. The molecular weight excluding hydrogens is 564 g/mol. The number of esters is 2. The Hall–Kier alpha value is -2.44. The zero-order valence-electron chi connectivity index (χ0n) is 28.7. The number of allylic oxidation sites excluding steroid dienone is 8. The first kappa shape index (κ1) is 42.6. The third-order valence-electron chi connectivity index (χ3n) is 7.40. The van der Waals surface area contributed by atoms with Crippen LogP contribution in [0.1, 0.15) is 149 Å². The summed E-state index contributed by atoms with van der Waals surface area (Å²) in [5.74, 6) is -0.686. The maximum atomic E-state index is 12.1. The average molecular weight is 631 g/mol. The van der Waals surface area contributed by atoms with Crippen molar-refractivity contribution in [2.24, 2.45) is 0 Å². The van der Waals surface area contributed by atoms with Crippen molar-refractivity contribution < 1.29 is 29.3 Å². The minimum absolute atomic E-state index is 0.100. The van der Waals surface area contributed by atoms with Gasteiger partial charge in [-0.2, -0.15) is 0 Å². The predicted molar refractivity (Wildman–Crippen MR) is 188 cm³/mol. The topological polar surface area (TPSA) is 93.1 Å². The van der Waals surface area contributed by atoms with Gasteiger partial charge in [0.2, 0.25) is 0 Å². The second kappa shape index (κ2) is 34.4. The van der Waals surface area contributed by atoms with Crippen LogP contribution >= 0.6 is 0 Å². The van der Waals surface area contributed by atoms with E-state index in [1.54, 1.807) is 0 Å². The van der Waals surface area contributed by atoms with Crippen molar-refractivity contribution in [2.75, 3.05) is 13.2 Å². The molecule has 0 aromatic rings. The number of ether oxygens (including phenoxy) is 2. The molecule has 6 heteroatoms. The van der Waals surface area contributed by atoms with Crippen molar-refractivity contribution in [3.63, 3.8) is 0 Å². The van der Waals surface area contributed by atoms with Gasteiger partial charge in [0.1, 0.15) is 6.61 Å². The molecule has 0 aromatic carbocycles. The summed E-state index contributed by atoms with van der Waals surface area (Å²) in [6.45, 7) is 3.83. The molecule has 0 spiro atoms. The number of rotatable bonds is 31. The van der Waals surface area contributed by atoms with Crippen LogP contribution in [0, 0.1) is 0 Å². The van der Waals surface area contributed by atoms with Gasteiger partial charge in [0.15, 0.2) is 6.10 Å². The first-order valence-electron chi connectivity index (χ1n) is 18.0. The second-order valence-electron chi connectivity index (χ2n) is 11.8. The highest BCUT2D eigenvalue weighted by Crippen LogP contribution is 2.13. The van der Waals surface area contributed by atoms with Crippen molar-refractivity contribution in [2.45, 2.75) is 161 Å². The Labute approximate surface area is 275 Å². The molecule has 0 bridgehead atoms. The van der Waals surface area contributed by atoms with Gasteiger partial charge in [-0.15, -0.1) is 0 Å². The van der Waals surface area contributed by atoms with Crippen LogP contribution in [0.4, 0.5) is 0 Å². The predicted octanol–water partition coefficient (Wildman–Crippen LogP) is 9.81. The Kier molecular flexibility index (Phi) is 32.6. The summed E-state index contributed by atoms with van der Waals surface area (Å²) in [4.78, 5) is 24.1. The normalized spacial score (nSPS) is 13.6. The van der Waals surface area contributed by atoms with Gasteiger partial charge in [0, 0.05) is 12.8 Å². The van der Waals surface area contributed by atoms with Crippen LogP contribution in [0.25, 0.3) is 0 Å². The van der Waals surface area contributed by atoms with Gasteiger partial charge in [0.05, 0.1) is 12.7 Å². The Balaban J connectivity index is 3.74. The van der Waals surface area contributed by atoms with E-state index in [1.807, 2.05) is 37.3 Å². The largest absolute Gasteiger partial charge is 0.462 e. The Morgan fingerprint density at radius 1 is 0.644 bits per heavy atom. The first-order chi connectivity index (χ1) is 22.0. The Morgan fingerprint density at radius 2 is 1.20 bits per heavy atom. The molecule has 1 unspecified atom stereocenters. The molecule has 0 saturated carbocycles. The fourth-order valence-corrected chi connectivity index (χ4v) is 4.67. The second-order valence-corrected chi connectivity index (χ2v) is 11.8. The van der Waals surface area contributed by atoms with Gasteiger partial charge in [-0.05, 0) is 44.9 Å². The molecule has 6 nitrogen and oxygen atoms in total. The van der Waals surface area contributed by atoms with Crippen LogP contribution in [-0.4, -0.2) is 47.6 Å². The minimum Gasteiger partial charge on any atom is -0.462 e. The zero-order chi connectivity index (χ0) is 33.1. The fraction of sp³-hybridized carbons (Fsp3) is 0.692. The highest BCUT2D eigenvalue weighted by Gasteiger charge is 2.15. The van der Waals surface area contributed by atoms with E-state index in [1.165, 1.54) is 64.2 Å². The van der Waals surface area contributed by atoms with E-state index in [4.69, 9.17) is 9.47 Å². The lowest BCUT2D eigenvalue weighted by Crippen LogP contribution is -2.28. The molecule has 0 fully saturated rings. The van der Waals surface area contributed by atoms with E-state index in [0.717, 1.165) is 44.9 Å². The lowest BCUT2D eigenvalue weighted by atomic mass is 10.0. The molecule has 0 rings (SSSR count). The summed E-state index contributed by atoms with van der Waals surface area (Å²) in [5, 5.41) is 19.2. The van der Waals surface area contributed by atoms with Crippen LogP contribution in [0.15, 0.2) is 60.8 Å². The standard InChI is InChI=1S/C39H66O6/c1-3-5-7-8-9-10-11-12-16-19-22-25-28-32-38(42)44-35-37(34-40)45-39(43)33-29-26-23-20-17-14-13-15-18-21-24-27-31-36(41)30-6-4-2/h6,13-14,18,20-21,23-24,27,30,36-37,40-41H,3-5,7-12,15-17,19,22,25-26,28-29,31-35H2,1-2H3/b14-13-,21-18-,23-20-,27-24+,30-6-/t36?,37-/m0/s1. The van der Waals surface area contributed by atoms with Crippen LogP contribution in [-0.2, 0) is 19.1 Å². The van der Waals surface area contributed by atoms with Crippen LogP contribution in [0.3, 0.4) is 0 Å². The molecule has 2 atom stereocenters. The molecular formula is C39H66O6. The first-order valence-corrected chi connectivity index (χ1v) is 18.0. The summed E-state index contributed by atoms with van der Waals surface area (Å²) >= 11 is 0. The van der Waals surface area contributed by atoms with Gasteiger partial charge in [-0.1, -0.05) is 152 Å². The SMILES string of the molecule is CC/C=C\C(O)C/C=C/C=C\C/C=C\C/C=C\CCCC(=O)O[C@@H](CO)COC(=O)CCCCCCCCCCCCCCC. The number of hydrogen-bond acceptors (Lipinski definition) is 6.